The van der Waals surface area contributed by atoms with Gasteiger partial charge in [0.2, 0.25) is 5.28 Å². The number of hydrogen-bond donors (Lipinski definition) is 0. The molecule has 5 heteroatoms. The summed E-state index contributed by atoms with van der Waals surface area (Å²) in [4.78, 5) is 17.4. The monoisotopic (exact) mass is 318 g/mol. The lowest BCUT2D eigenvalue weighted by Crippen LogP contribution is -1.97. The van der Waals surface area contributed by atoms with Crippen LogP contribution in [-0.4, -0.2) is 19.9 Å². The van der Waals surface area contributed by atoms with Crippen LogP contribution in [0.4, 0.5) is 0 Å². The zero-order chi connectivity index (χ0) is 15.6. The van der Waals surface area contributed by atoms with Crippen molar-refractivity contribution in [2.75, 3.05) is 0 Å². The maximum Gasteiger partial charge on any atom is 0.226 e. The Balaban J connectivity index is 1.86. The number of pyridine rings is 1. The Hall–Kier alpha value is -2.85. The van der Waals surface area contributed by atoms with E-state index in [1.165, 1.54) is 0 Å². The summed E-state index contributed by atoms with van der Waals surface area (Å²) in [5.74, 6) is 1.10. The highest BCUT2D eigenvalue weighted by Crippen LogP contribution is 2.24. The summed E-state index contributed by atoms with van der Waals surface area (Å²) in [5.41, 5.74) is 2.65. The van der Waals surface area contributed by atoms with Gasteiger partial charge in [-0.05, 0) is 23.7 Å². The molecule has 0 fully saturated rings. The zero-order valence-corrected chi connectivity index (χ0v) is 12.8. The molecule has 0 aliphatic carbocycles. The Morgan fingerprint density at radius 2 is 1.48 bits per heavy atom. The lowest BCUT2D eigenvalue weighted by atomic mass is 10.1. The van der Waals surface area contributed by atoms with Gasteiger partial charge in [-0.2, -0.15) is 9.97 Å². The minimum absolute atomic E-state index is 0.176. The van der Waals surface area contributed by atoms with E-state index in [9.17, 15) is 0 Å². The predicted molar refractivity (Wildman–Crippen MR) is 91.0 cm³/mol. The first-order valence-corrected chi connectivity index (χ1v) is 7.49. The topological polar surface area (TPSA) is 51.6 Å². The SMILES string of the molecule is Clc1nc(-c2ccccc2)nc(-c2ccc3cccnc3c2)n1. The Labute approximate surface area is 137 Å². The van der Waals surface area contributed by atoms with Gasteiger partial charge in [0.25, 0.3) is 0 Å². The second-order valence-electron chi connectivity index (χ2n) is 5.03. The van der Waals surface area contributed by atoms with Crippen LogP contribution in [-0.2, 0) is 0 Å². The van der Waals surface area contributed by atoms with Crippen LogP contribution in [0, 0.1) is 0 Å². The van der Waals surface area contributed by atoms with E-state index in [-0.39, 0.29) is 5.28 Å². The van der Waals surface area contributed by atoms with Gasteiger partial charge in [-0.15, -0.1) is 0 Å². The van der Waals surface area contributed by atoms with Crippen molar-refractivity contribution in [3.63, 3.8) is 0 Å². The highest BCUT2D eigenvalue weighted by atomic mass is 35.5. The third-order valence-corrected chi connectivity index (χ3v) is 3.67. The minimum atomic E-state index is 0.176. The van der Waals surface area contributed by atoms with Crippen molar-refractivity contribution < 1.29 is 0 Å². The summed E-state index contributed by atoms with van der Waals surface area (Å²) in [6, 6.07) is 19.5. The molecule has 0 unspecified atom stereocenters. The van der Waals surface area contributed by atoms with Crippen LogP contribution >= 0.6 is 11.6 Å². The Morgan fingerprint density at radius 3 is 2.30 bits per heavy atom. The van der Waals surface area contributed by atoms with Gasteiger partial charge in [0, 0.05) is 22.7 Å². The molecule has 110 valence electrons. The van der Waals surface area contributed by atoms with Crippen molar-refractivity contribution in [1.29, 1.82) is 0 Å². The van der Waals surface area contributed by atoms with Crippen molar-refractivity contribution in [2.24, 2.45) is 0 Å². The lowest BCUT2D eigenvalue weighted by molar-refractivity contribution is 1.07. The van der Waals surface area contributed by atoms with E-state index in [1.54, 1.807) is 6.20 Å². The van der Waals surface area contributed by atoms with E-state index in [0.29, 0.717) is 11.6 Å². The Bertz CT molecular complexity index is 986. The molecule has 4 rings (SSSR count). The van der Waals surface area contributed by atoms with Crippen molar-refractivity contribution in [3.05, 3.63) is 72.1 Å². The first-order valence-electron chi connectivity index (χ1n) is 7.12. The molecule has 0 radical (unpaired) electrons. The van der Waals surface area contributed by atoms with Crippen LogP contribution in [0.2, 0.25) is 5.28 Å². The molecule has 4 nitrogen and oxygen atoms in total. The summed E-state index contributed by atoms with van der Waals surface area (Å²) in [6.45, 7) is 0. The van der Waals surface area contributed by atoms with Crippen LogP contribution in [0.1, 0.15) is 0 Å². The van der Waals surface area contributed by atoms with Crippen molar-refractivity contribution in [3.8, 4) is 22.8 Å². The second kappa shape index (κ2) is 5.74. The summed E-state index contributed by atoms with van der Waals surface area (Å²) < 4.78 is 0. The van der Waals surface area contributed by atoms with Gasteiger partial charge in [0.05, 0.1) is 5.52 Å². The molecule has 0 aliphatic rings. The molecule has 0 bridgehead atoms. The standard InChI is InChI=1S/C18H11ClN4/c19-18-22-16(13-5-2-1-3-6-13)21-17(23-18)14-9-8-12-7-4-10-20-15(12)11-14/h1-11H. The molecule has 2 aromatic heterocycles. The third-order valence-electron chi connectivity index (χ3n) is 3.50. The van der Waals surface area contributed by atoms with Crippen LogP contribution in [0.5, 0.6) is 0 Å². The first kappa shape index (κ1) is 13.8. The average Bonchev–Trinajstić information content (AvgIpc) is 2.61. The van der Waals surface area contributed by atoms with E-state index < -0.39 is 0 Å². The largest absolute Gasteiger partial charge is 0.256 e. The molecule has 0 amide bonds. The number of hydrogen-bond acceptors (Lipinski definition) is 4. The van der Waals surface area contributed by atoms with Crippen molar-refractivity contribution in [2.45, 2.75) is 0 Å². The predicted octanol–water partition coefficient (Wildman–Crippen LogP) is 4.41. The van der Waals surface area contributed by atoms with Crippen LogP contribution in [0.3, 0.4) is 0 Å². The lowest BCUT2D eigenvalue weighted by Gasteiger charge is -2.05. The summed E-state index contributed by atoms with van der Waals surface area (Å²) >= 11 is 6.09. The zero-order valence-electron chi connectivity index (χ0n) is 12.0. The van der Waals surface area contributed by atoms with Gasteiger partial charge >= 0.3 is 0 Å². The van der Waals surface area contributed by atoms with E-state index in [2.05, 4.69) is 19.9 Å². The van der Waals surface area contributed by atoms with Crippen molar-refractivity contribution in [1.82, 2.24) is 19.9 Å². The summed E-state index contributed by atoms with van der Waals surface area (Å²) in [6.07, 6.45) is 1.77. The number of rotatable bonds is 2. The fourth-order valence-corrected chi connectivity index (χ4v) is 2.56. The molecule has 2 aromatic carbocycles. The minimum Gasteiger partial charge on any atom is -0.256 e. The number of benzene rings is 2. The molecule has 0 N–H and O–H groups in total. The van der Waals surface area contributed by atoms with Gasteiger partial charge in [-0.3, -0.25) is 4.98 Å². The van der Waals surface area contributed by atoms with Crippen LogP contribution < -0.4 is 0 Å². The normalized spacial score (nSPS) is 10.8. The molecule has 4 aromatic rings. The van der Waals surface area contributed by atoms with Gasteiger partial charge in [0.15, 0.2) is 11.6 Å². The third kappa shape index (κ3) is 2.76. The van der Waals surface area contributed by atoms with Gasteiger partial charge in [0.1, 0.15) is 0 Å². The maximum absolute atomic E-state index is 6.09. The molecule has 0 atom stereocenters. The highest BCUT2D eigenvalue weighted by Gasteiger charge is 2.09. The smallest absolute Gasteiger partial charge is 0.226 e. The summed E-state index contributed by atoms with van der Waals surface area (Å²) in [7, 11) is 0. The van der Waals surface area contributed by atoms with Crippen molar-refractivity contribution >= 4 is 22.5 Å². The molecule has 0 aliphatic heterocycles. The Morgan fingerprint density at radius 1 is 0.696 bits per heavy atom. The number of nitrogens with zero attached hydrogens (tertiary/aromatic N) is 4. The van der Waals surface area contributed by atoms with E-state index in [1.807, 2.05) is 60.7 Å². The van der Waals surface area contributed by atoms with Gasteiger partial charge in [-0.25, -0.2) is 4.98 Å². The van der Waals surface area contributed by atoms with Gasteiger partial charge < -0.3 is 0 Å². The Kier molecular flexibility index (Phi) is 3.44. The number of fused-ring (bicyclic) bond motifs is 1. The second-order valence-corrected chi connectivity index (χ2v) is 5.37. The molecule has 0 saturated carbocycles. The molecule has 0 spiro atoms. The molecule has 0 saturated heterocycles. The van der Waals surface area contributed by atoms with E-state index >= 15 is 0 Å². The first-order chi connectivity index (χ1) is 11.3. The van der Waals surface area contributed by atoms with Crippen LogP contribution in [0.15, 0.2) is 66.9 Å². The van der Waals surface area contributed by atoms with Gasteiger partial charge in [-0.1, -0.05) is 48.5 Å². The fourth-order valence-electron chi connectivity index (χ4n) is 2.40. The summed E-state index contributed by atoms with van der Waals surface area (Å²) in [5, 5.41) is 1.25. The maximum atomic E-state index is 6.09. The molecular weight excluding hydrogens is 308 g/mol. The molecular formula is C18H11ClN4. The van der Waals surface area contributed by atoms with Crippen LogP contribution in [0.25, 0.3) is 33.7 Å². The van der Waals surface area contributed by atoms with E-state index in [4.69, 9.17) is 11.6 Å². The number of halogens is 1. The highest BCUT2D eigenvalue weighted by molar-refractivity contribution is 6.28. The quantitative estimate of drug-likeness (QED) is 0.549. The van der Waals surface area contributed by atoms with E-state index in [0.717, 1.165) is 22.0 Å². The molecule has 2 heterocycles. The fraction of sp³-hybridized carbons (Fsp3) is 0. The molecule has 23 heavy (non-hydrogen) atoms. The number of aromatic nitrogens is 4. The average molecular weight is 319 g/mol.